The van der Waals surface area contributed by atoms with Gasteiger partial charge in [-0.1, -0.05) is 40.5 Å². The minimum absolute atomic E-state index is 0. The molecule has 0 bridgehead atoms. The van der Waals surface area contributed by atoms with Gasteiger partial charge >= 0.3 is 16.5 Å². The van der Waals surface area contributed by atoms with Gasteiger partial charge in [0, 0.05) is 0 Å². The van der Waals surface area contributed by atoms with Crippen LogP contribution in [0.4, 0.5) is 0 Å². The molecule has 0 aromatic carbocycles. The molecule has 0 unspecified atom stereocenters. The van der Waals surface area contributed by atoms with Crippen LogP contribution in [0.1, 0.15) is 98.3 Å². The van der Waals surface area contributed by atoms with Crippen molar-refractivity contribution in [3.8, 4) is 0 Å². The molecule has 4 nitrogen and oxygen atoms in total. The molecule has 0 amide bonds. The van der Waals surface area contributed by atoms with Crippen LogP contribution in [-0.4, -0.2) is 35.1 Å². The Kier molecular flexibility index (Phi) is 10.9. The van der Waals surface area contributed by atoms with Crippen molar-refractivity contribution in [1.82, 2.24) is 0 Å². The summed E-state index contributed by atoms with van der Waals surface area (Å²) < 4.78 is 13.2. The van der Waals surface area contributed by atoms with E-state index in [-0.39, 0.29) is 61.7 Å². The Labute approximate surface area is 214 Å². The molecule has 4 aliphatic rings. The molecule has 0 N–H and O–H groups in total. The van der Waals surface area contributed by atoms with Crippen LogP contribution in [0.3, 0.4) is 0 Å². The van der Waals surface area contributed by atoms with E-state index < -0.39 is 0 Å². The standard InChI is InChI=1S/C23H38N2O2.2BrH.Ni/c1-16(2)20-22(11-7-5-8-12-22)26-18(24-20)15-19-25-21(17(3)4)23(27-19)13-9-6-10-14-23;;;/h16-17,20-21H,5-15H2,1-4H3;2*1H;/q;;;+2/p-2/t20-,21-;;;/m1.../s1. The van der Waals surface area contributed by atoms with Gasteiger partial charge in [-0.15, -0.1) is 0 Å². The molecule has 2 atom stereocenters. The Hall–Kier alpha value is 0.394. The van der Waals surface area contributed by atoms with Gasteiger partial charge in [0.2, 0.25) is 0 Å². The van der Waals surface area contributed by atoms with Crippen molar-refractivity contribution in [3.63, 3.8) is 0 Å². The quantitative estimate of drug-likeness (QED) is 0.421. The first-order valence-electron chi connectivity index (χ1n) is 11.5. The molecule has 2 spiro atoms. The van der Waals surface area contributed by atoms with E-state index in [2.05, 4.69) is 27.7 Å². The van der Waals surface area contributed by atoms with Crippen molar-refractivity contribution in [2.75, 3.05) is 0 Å². The van der Waals surface area contributed by atoms with E-state index in [1.807, 2.05) is 0 Å². The Balaban J connectivity index is 0.00000150. The van der Waals surface area contributed by atoms with Crippen LogP contribution < -0.4 is 34.0 Å². The number of aliphatic imine (C=N–C) groups is 2. The summed E-state index contributed by atoms with van der Waals surface area (Å²) in [6.07, 6.45) is 13.0. The SMILES string of the molecule is CC(C)[C@H]1N=C(CC2=N[C@H](C(C)C)C3(CCCCC3)O2)OC12CCCCC2.[Br-].[Br-].[Ni+2]. The summed E-state index contributed by atoms with van der Waals surface area (Å²) in [4.78, 5) is 10.1. The summed E-state index contributed by atoms with van der Waals surface area (Å²) in [5.74, 6) is 2.79. The molecular weight excluding hydrogens is 555 g/mol. The third-order valence-corrected chi connectivity index (χ3v) is 7.25. The predicted molar refractivity (Wildman–Crippen MR) is 111 cm³/mol. The van der Waals surface area contributed by atoms with Crippen LogP contribution >= 0.6 is 0 Å². The largest absolute Gasteiger partial charge is 2.00 e. The number of hydrogen-bond acceptors (Lipinski definition) is 4. The van der Waals surface area contributed by atoms with Crippen LogP contribution in [0.25, 0.3) is 0 Å². The fourth-order valence-electron chi connectivity index (χ4n) is 6.09. The van der Waals surface area contributed by atoms with Crippen molar-refractivity contribution in [2.24, 2.45) is 21.8 Å². The van der Waals surface area contributed by atoms with Gasteiger partial charge < -0.3 is 43.4 Å². The van der Waals surface area contributed by atoms with E-state index in [9.17, 15) is 0 Å². The number of ether oxygens (including phenoxy) is 2. The maximum absolute atomic E-state index is 6.59. The third-order valence-electron chi connectivity index (χ3n) is 7.25. The average Bonchev–Trinajstić information content (AvgIpc) is 3.15. The second-order valence-electron chi connectivity index (χ2n) is 10.1. The summed E-state index contributed by atoms with van der Waals surface area (Å²) in [5, 5.41) is 0. The van der Waals surface area contributed by atoms with Crippen LogP contribution in [0, 0.1) is 11.8 Å². The zero-order chi connectivity index (χ0) is 19.1. The maximum atomic E-state index is 6.59. The molecule has 0 radical (unpaired) electrons. The second kappa shape index (κ2) is 11.5. The Bertz CT molecular complexity index is 560. The van der Waals surface area contributed by atoms with Crippen LogP contribution in [0.5, 0.6) is 0 Å². The fraction of sp³-hybridized carbons (Fsp3) is 0.913. The first-order valence-corrected chi connectivity index (χ1v) is 11.5. The Morgan fingerprint density at radius 2 is 1.03 bits per heavy atom. The van der Waals surface area contributed by atoms with Crippen molar-refractivity contribution in [3.05, 3.63) is 0 Å². The van der Waals surface area contributed by atoms with E-state index in [0.29, 0.717) is 30.3 Å². The summed E-state index contributed by atoms with van der Waals surface area (Å²) in [6.45, 7) is 9.14. The van der Waals surface area contributed by atoms with Gasteiger partial charge in [0.1, 0.15) is 11.2 Å². The number of hydrogen-bond donors (Lipinski definition) is 0. The number of nitrogens with zero attached hydrogens (tertiary/aromatic N) is 2. The average molecular weight is 593 g/mol. The van der Waals surface area contributed by atoms with Gasteiger partial charge in [-0.25, -0.2) is 9.98 Å². The van der Waals surface area contributed by atoms with E-state index in [0.717, 1.165) is 37.5 Å². The topological polar surface area (TPSA) is 43.2 Å². The summed E-state index contributed by atoms with van der Waals surface area (Å²) in [6, 6.07) is 0.582. The molecule has 0 saturated heterocycles. The molecule has 2 fully saturated rings. The first kappa shape index (κ1) is 28.4. The van der Waals surface area contributed by atoms with Crippen LogP contribution in [-0.2, 0) is 26.0 Å². The molecule has 176 valence electrons. The normalized spacial score (nSPS) is 28.7. The molecule has 2 aliphatic carbocycles. The predicted octanol–water partition coefficient (Wildman–Crippen LogP) is -0.306. The molecule has 0 aromatic heterocycles. The van der Waals surface area contributed by atoms with Crippen molar-refractivity contribution < 1.29 is 59.9 Å². The van der Waals surface area contributed by atoms with Gasteiger partial charge in [0.05, 0.1) is 18.5 Å². The molecule has 4 rings (SSSR count). The zero-order valence-electron chi connectivity index (χ0n) is 18.9. The zero-order valence-corrected chi connectivity index (χ0v) is 23.0. The maximum Gasteiger partial charge on any atom is 2.00 e. The fourth-order valence-corrected chi connectivity index (χ4v) is 6.09. The first-order chi connectivity index (χ1) is 12.9. The summed E-state index contributed by atoms with van der Waals surface area (Å²) >= 11 is 0. The minimum Gasteiger partial charge on any atom is -1.00 e. The Morgan fingerprint density at radius 3 is 1.33 bits per heavy atom. The van der Waals surface area contributed by atoms with Crippen LogP contribution in [0.15, 0.2) is 9.98 Å². The van der Waals surface area contributed by atoms with E-state index in [1.165, 1.54) is 38.5 Å². The Morgan fingerprint density at radius 1 is 0.700 bits per heavy atom. The number of halogens is 2. The molecule has 7 heteroatoms. The van der Waals surface area contributed by atoms with Crippen molar-refractivity contribution >= 4 is 11.8 Å². The van der Waals surface area contributed by atoms with E-state index in [4.69, 9.17) is 19.5 Å². The monoisotopic (exact) mass is 590 g/mol. The minimum atomic E-state index is -0.0547. The van der Waals surface area contributed by atoms with Gasteiger partial charge in [0.25, 0.3) is 0 Å². The van der Waals surface area contributed by atoms with Gasteiger partial charge in [-0.3, -0.25) is 0 Å². The number of rotatable bonds is 4. The molecule has 30 heavy (non-hydrogen) atoms. The van der Waals surface area contributed by atoms with E-state index in [1.54, 1.807) is 0 Å². The second-order valence-corrected chi connectivity index (χ2v) is 10.1. The molecule has 0 aromatic rings. The summed E-state index contributed by atoms with van der Waals surface area (Å²) in [5.41, 5.74) is -0.109. The molecule has 2 saturated carbocycles. The summed E-state index contributed by atoms with van der Waals surface area (Å²) in [7, 11) is 0. The molecule has 2 aliphatic heterocycles. The molecule has 2 heterocycles. The van der Waals surface area contributed by atoms with Gasteiger partial charge in [-0.05, 0) is 63.2 Å². The van der Waals surface area contributed by atoms with Gasteiger partial charge in [0.15, 0.2) is 11.8 Å². The van der Waals surface area contributed by atoms with Crippen LogP contribution in [0.2, 0.25) is 0 Å². The van der Waals surface area contributed by atoms with Gasteiger partial charge in [-0.2, -0.15) is 0 Å². The van der Waals surface area contributed by atoms with Crippen molar-refractivity contribution in [2.45, 2.75) is 122 Å². The smallest absolute Gasteiger partial charge is 1.00 e. The molecular formula is C23H38Br2N2NiO2. The van der Waals surface area contributed by atoms with Crippen molar-refractivity contribution in [1.29, 1.82) is 0 Å². The van der Waals surface area contributed by atoms with E-state index >= 15 is 0 Å². The third kappa shape index (κ3) is 5.47.